The molecule has 1 aromatic heterocycles. The number of aromatic nitrogens is 2. The molecule has 0 fully saturated rings. The predicted molar refractivity (Wildman–Crippen MR) is 59.6 cm³/mol. The fourth-order valence-corrected chi connectivity index (χ4v) is 1.19. The van der Waals surface area contributed by atoms with Crippen molar-refractivity contribution >= 4 is 5.82 Å². The van der Waals surface area contributed by atoms with Crippen molar-refractivity contribution in [3.05, 3.63) is 12.4 Å². The molecule has 0 bridgehead atoms. The van der Waals surface area contributed by atoms with Crippen molar-refractivity contribution in [3.63, 3.8) is 0 Å². The van der Waals surface area contributed by atoms with Crippen LogP contribution in [0.2, 0.25) is 0 Å². The molecule has 2 N–H and O–H groups in total. The quantitative estimate of drug-likeness (QED) is 0.697. The third-order valence-corrected chi connectivity index (χ3v) is 1.99. The summed E-state index contributed by atoms with van der Waals surface area (Å²) >= 11 is 0. The van der Waals surface area contributed by atoms with Gasteiger partial charge < -0.3 is 19.9 Å². The molecule has 0 saturated carbocycles. The lowest BCUT2D eigenvalue weighted by Gasteiger charge is -2.10. The number of nitrogens with one attached hydrogen (secondary N) is 1. The Morgan fingerprint density at radius 3 is 2.94 bits per heavy atom. The number of ether oxygens (including phenoxy) is 2. The SMILES string of the molecule is COCC(O)CCNc1cc(OC)ncn1. The Morgan fingerprint density at radius 2 is 2.25 bits per heavy atom. The fraction of sp³-hybridized carbons (Fsp3) is 0.600. The van der Waals surface area contributed by atoms with E-state index in [2.05, 4.69) is 15.3 Å². The van der Waals surface area contributed by atoms with E-state index in [1.54, 1.807) is 20.3 Å². The van der Waals surface area contributed by atoms with Gasteiger partial charge in [0, 0.05) is 19.7 Å². The van der Waals surface area contributed by atoms with Gasteiger partial charge in [-0.1, -0.05) is 0 Å². The van der Waals surface area contributed by atoms with Crippen molar-refractivity contribution < 1.29 is 14.6 Å². The van der Waals surface area contributed by atoms with Gasteiger partial charge in [0.2, 0.25) is 5.88 Å². The highest BCUT2D eigenvalue weighted by molar-refractivity contribution is 5.36. The lowest BCUT2D eigenvalue weighted by Crippen LogP contribution is -2.18. The van der Waals surface area contributed by atoms with Crippen LogP contribution in [0.25, 0.3) is 0 Å². The normalized spacial score (nSPS) is 12.2. The van der Waals surface area contributed by atoms with Crippen molar-refractivity contribution in [1.82, 2.24) is 9.97 Å². The highest BCUT2D eigenvalue weighted by atomic mass is 16.5. The first-order valence-electron chi connectivity index (χ1n) is 5.03. The van der Waals surface area contributed by atoms with E-state index < -0.39 is 6.10 Å². The Labute approximate surface area is 94.6 Å². The number of hydrogen-bond acceptors (Lipinski definition) is 6. The second-order valence-corrected chi connectivity index (χ2v) is 3.27. The number of methoxy groups -OCH3 is 2. The second kappa shape index (κ2) is 6.97. The molecule has 1 aromatic rings. The Bertz CT molecular complexity index is 309. The van der Waals surface area contributed by atoms with E-state index in [1.165, 1.54) is 6.33 Å². The van der Waals surface area contributed by atoms with Gasteiger partial charge in [0.25, 0.3) is 0 Å². The van der Waals surface area contributed by atoms with Gasteiger partial charge in [-0.3, -0.25) is 0 Å². The van der Waals surface area contributed by atoms with Crippen molar-refractivity contribution in [3.8, 4) is 5.88 Å². The zero-order valence-electron chi connectivity index (χ0n) is 9.51. The predicted octanol–water partition coefficient (Wildman–Crippen LogP) is 0.294. The Hall–Kier alpha value is -1.40. The maximum atomic E-state index is 9.41. The maximum Gasteiger partial charge on any atom is 0.218 e. The van der Waals surface area contributed by atoms with Gasteiger partial charge in [-0.15, -0.1) is 0 Å². The van der Waals surface area contributed by atoms with Crippen LogP contribution in [0, 0.1) is 0 Å². The molecule has 6 heteroatoms. The van der Waals surface area contributed by atoms with E-state index in [0.717, 1.165) is 0 Å². The third-order valence-electron chi connectivity index (χ3n) is 1.99. The summed E-state index contributed by atoms with van der Waals surface area (Å²) < 4.78 is 9.78. The number of nitrogens with zero attached hydrogens (tertiary/aromatic N) is 2. The van der Waals surface area contributed by atoms with Crippen LogP contribution in [0.3, 0.4) is 0 Å². The summed E-state index contributed by atoms with van der Waals surface area (Å²) in [6.45, 7) is 0.958. The highest BCUT2D eigenvalue weighted by Crippen LogP contribution is 2.09. The lowest BCUT2D eigenvalue weighted by molar-refractivity contribution is 0.0615. The van der Waals surface area contributed by atoms with E-state index in [0.29, 0.717) is 31.3 Å². The van der Waals surface area contributed by atoms with E-state index in [-0.39, 0.29) is 0 Å². The van der Waals surface area contributed by atoms with Crippen LogP contribution in [0.4, 0.5) is 5.82 Å². The van der Waals surface area contributed by atoms with Gasteiger partial charge in [-0.05, 0) is 6.42 Å². The molecule has 16 heavy (non-hydrogen) atoms. The largest absolute Gasteiger partial charge is 0.481 e. The minimum Gasteiger partial charge on any atom is -0.481 e. The van der Waals surface area contributed by atoms with E-state index in [4.69, 9.17) is 9.47 Å². The number of rotatable bonds is 7. The van der Waals surface area contributed by atoms with Gasteiger partial charge in [0.1, 0.15) is 12.1 Å². The fourth-order valence-electron chi connectivity index (χ4n) is 1.19. The summed E-state index contributed by atoms with van der Waals surface area (Å²) in [7, 11) is 3.11. The molecule has 1 atom stereocenters. The van der Waals surface area contributed by atoms with Crippen LogP contribution >= 0.6 is 0 Å². The third kappa shape index (κ3) is 4.41. The minimum atomic E-state index is -0.457. The summed E-state index contributed by atoms with van der Waals surface area (Å²) in [5.74, 6) is 1.19. The average Bonchev–Trinajstić information content (AvgIpc) is 2.30. The Balaban J connectivity index is 2.31. The summed E-state index contributed by atoms with van der Waals surface area (Å²) in [6.07, 6.45) is 1.56. The molecule has 0 aliphatic heterocycles. The molecule has 1 rings (SSSR count). The Kier molecular flexibility index (Phi) is 5.52. The number of aliphatic hydroxyl groups excluding tert-OH is 1. The van der Waals surface area contributed by atoms with Crippen molar-refractivity contribution in [2.24, 2.45) is 0 Å². The molecule has 0 amide bonds. The first-order chi connectivity index (χ1) is 7.76. The number of hydrogen-bond donors (Lipinski definition) is 2. The zero-order chi connectivity index (χ0) is 11.8. The molecule has 6 nitrogen and oxygen atoms in total. The molecule has 1 heterocycles. The Morgan fingerprint density at radius 1 is 1.44 bits per heavy atom. The van der Waals surface area contributed by atoms with Crippen LogP contribution in [-0.4, -0.2) is 48.5 Å². The van der Waals surface area contributed by atoms with Gasteiger partial charge in [-0.2, -0.15) is 0 Å². The molecular formula is C10H17N3O3. The molecule has 0 aliphatic carbocycles. The zero-order valence-corrected chi connectivity index (χ0v) is 9.51. The van der Waals surface area contributed by atoms with Crippen LogP contribution in [0.1, 0.15) is 6.42 Å². The van der Waals surface area contributed by atoms with E-state index in [1.807, 2.05) is 0 Å². The minimum absolute atomic E-state index is 0.342. The van der Waals surface area contributed by atoms with Gasteiger partial charge in [-0.25, -0.2) is 9.97 Å². The van der Waals surface area contributed by atoms with Gasteiger partial charge >= 0.3 is 0 Å². The van der Waals surface area contributed by atoms with Gasteiger partial charge in [0.05, 0.1) is 19.8 Å². The molecule has 0 aromatic carbocycles. The van der Waals surface area contributed by atoms with Crippen LogP contribution in [0.15, 0.2) is 12.4 Å². The van der Waals surface area contributed by atoms with Gasteiger partial charge in [0.15, 0.2) is 0 Å². The average molecular weight is 227 g/mol. The van der Waals surface area contributed by atoms with Crippen molar-refractivity contribution in [2.45, 2.75) is 12.5 Å². The van der Waals surface area contributed by atoms with E-state index in [9.17, 15) is 5.11 Å². The lowest BCUT2D eigenvalue weighted by atomic mass is 10.2. The molecule has 90 valence electrons. The summed E-state index contributed by atoms with van der Waals surface area (Å²) in [5.41, 5.74) is 0. The summed E-state index contributed by atoms with van der Waals surface area (Å²) in [5, 5.41) is 12.5. The monoisotopic (exact) mass is 227 g/mol. The summed E-state index contributed by atoms with van der Waals surface area (Å²) in [4.78, 5) is 7.90. The van der Waals surface area contributed by atoms with Crippen LogP contribution in [-0.2, 0) is 4.74 Å². The molecule has 0 radical (unpaired) electrons. The molecule has 1 unspecified atom stereocenters. The molecule has 0 saturated heterocycles. The standard InChI is InChI=1S/C10H17N3O3/c1-15-6-8(14)3-4-11-9-5-10(16-2)13-7-12-9/h5,7-8,14H,3-4,6H2,1-2H3,(H,11,12,13). The topological polar surface area (TPSA) is 76.5 Å². The molecular weight excluding hydrogens is 210 g/mol. The van der Waals surface area contributed by atoms with E-state index >= 15 is 0 Å². The van der Waals surface area contributed by atoms with Crippen LogP contribution in [0.5, 0.6) is 5.88 Å². The second-order valence-electron chi connectivity index (χ2n) is 3.27. The maximum absolute atomic E-state index is 9.41. The molecule has 0 aliphatic rings. The first kappa shape index (κ1) is 12.7. The number of anilines is 1. The van der Waals surface area contributed by atoms with Crippen LogP contribution < -0.4 is 10.1 Å². The summed E-state index contributed by atoms with van der Waals surface area (Å²) in [6, 6.07) is 1.70. The van der Waals surface area contributed by atoms with Crippen molar-refractivity contribution in [2.75, 3.05) is 32.7 Å². The smallest absolute Gasteiger partial charge is 0.218 e. The van der Waals surface area contributed by atoms with Crippen molar-refractivity contribution in [1.29, 1.82) is 0 Å². The highest BCUT2D eigenvalue weighted by Gasteiger charge is 2.03. The number of aliphatic hydroxyl groups is 1. The first-order valence-corrected chi connectivity index (χ1v) is 5.03. The molecule has 0 spiro atoms.